The molecule has 0 bridgehead atoms. The van der Waals surface area contributed by atoms with E-state index in [0.717, 1.165) is 34.2 Å². The number of hydrogen-bond acceptors (Lipinski definition) is 2. The van der Waals surface area contributed by atoms with Crippen LogP contribution in [0.5, 0.6) is 11.5 Å². The molecule has 0 radical (unpaired) electrons. The minimum absolute atomic E-state index is 0.264. The molecule has 3 heteroatoms. The molecule has 0 saturated carbocycles. The van der Waals surface area contributed by atoms with E-state index >= 15 is 0 Å². The van der Waals surface area contributed by atoms with Crippen LogP contribution in [0, 0.1) is 0 Å². The summed E-state index contributed by atoms with van der Waals surface area (Å²) in [5.74, 6) is 0.550. The summed E-state index contributed by atoms with van der Waals surface area (Å²) in [6.07, 6.45) is 0.811. The van der Waals surface area contributed by atoms with Crippen LogP contribution in [0.2, 0.25) is 0 Å². The molecule has 0 saturated heterocycles. The van der Waals surface area contributed by atoms with Gasteiger partial charge in [-0.2, -0.15) is 0 Å². The van der Waals surface area contributed by atoms with E-state index in [9.17, 15) is 10.2 Å². The Morgan fingerprint density at radius 3 is 2.20 bits per heavy atom. The number of aromatic hydroxyl groups is 2. The molecule has 0 aliphatic heterocycles. The van der Waals surface area contributed by atoms with Crippen molar-refractivity contribution in [2.45, 2.75) is 11.8 Å². The first-order valence-corrected chi connectivity index (χ1v) is 9.28. The molecule has 0 aromatic heterocycles. The number of phenolic OH excluding ortho intramolecular Hbond substituents is 2. The topological polar surface area (TPSA) is 40.5 Å². The number of rotatable bonds is 3. The fraction of sp³-hybridized carbons (Fsp3) is 0.0909. The molecule has 3 aromatic rings. The van der Waals surface area contributed by atoms with E-state index in [1.165, 1.54) is 11.1 Å². The largest absolute Gasteiger partial charge is 0.508 e. The Bertz CT molecular complexity index is 957. The molecule has 2 N–H and O–H groups in total. The summed E-state index contributed by atoms with van der Waals surface area (Å²) in [5.41, 5.74) is 8.04. The first-order chi connectivity index (χ1) is 12.2. The zero-order chi connectivity index (χ0) is 17.4. The third kappa shape index (κ3) is 2.85. The van der Waals surface area contributed by atoms with Gasteiger partial charge in [-0.25, -0.2) is 0 Å². The van der Waals surface area contributed by atoms with Crippen LogP contribution in [0.25, 0.3) is 11.1 Å². The van der Waals surface area contributed by atoms with E-state index < -0.39 is 0 Å². The Hall–Kier alpha value is -2.52. The first kappa shape index (κ1) is 16.0. The second-order valence-corrected chi connectivity index (χ2v) is 6.77. The zero-order valence-corrected chi connectivity index (χ0v) is 15.1. The molecule has 4 rings (SSSR count). The highest BCUT2D eigenvalue weighted by atomic mass is 79.9. The minimum atomic E-state index is 0.264. The van der Waals surface area contributed by atoms with Crippen molar-refractivity contribution < 1.29 is 10.2 Å². The van der Waals surface area contributed by atoms with Crippen LogP contribution in [0.3, 0.4) is 0 Å². The van der Waals surface area contributed by atoms with Gasteiger partial charge in [0.2, 0.25) is 0 Å². The van der Waals surface area contributed by atoms with Crippen LogP contribution in [0.4, 0.5) is 0 Å². The number of alkyl halides is 1. The second-order valence-electron chi connectivity index (χ2n) is 6.21. The third-order valence-corrected chi connectivity index (χ3v) is 5.28. The number of phenols is 2. The molecule has 0 spiro atoms. The van der Waals surface area contributed by atoms with Gasteiger partial charge in [0.25, 0.3) is 0 Å². The van der Waals surface area contributed by atoms with Crippen molar-refractivity contribution in [1.29, 1.82) is 0 Å². The molecule has 3 aromatic carbocycles. The number of fused-ring (bicyclic) bond motifs is 1. The van der Waals surface area contributed by atoms with Crippen molar-refractivity contribution in [3.05, 3.63) is 94.5 Å². The lowest BCUT2D eigenvalue weighted by molar-refractivity contribution is 0.474. The van der Waals surface area contributed by atoms with Gasteiger partial charge in [-0.3, -0.25) is 0 Å². The molecule has 124 valence electrons. The molecule has 0 heterocycles. The van der Waals surface area contributed by atoms with Crippen LogP contribution in [0.15, 0.2) is 66.7 Å². The van der Waals surface area contributed by atoms with Gasteiger partial charge >= 0.3 is 0 Å². The Labute approximate surface area is 155 Å². The second kappa shape index (κ2) is 6.41. The summed E-state index contributed by atoms with van der Waals surface area (Å²) in [5, 5.41) is 20.5. The van der Waals surface area contributed by atoms with E-state index in [2.05, 4.69) is 28.1 Å². The average molecular weight is 393 g/mol. The predicted molar refractivity (Wildman–Crippen MR) is 105 cm³/mol. The van der Waals surface area contributed by atoms with Gasteiger partial charge in [0.1, 0.15) is 11.5 Å². The average Bonchev–Trinajstić information content (AvgIpc) is 3.01. The quantitative estimate of drug-likeness (QED) is 0.577. The van der Waals surface area contributed by atoms with Crippen molar-refractivity contribution in [2.24, 2.45) is 0 Å². The summed E-state index contributed by atoms with van der Waals surface area (Å²) in [6, 6.07) is 21.3. The first-order valence-electron chi connectivity index (χ1n) is 8.16. The summed E-state index contributed by atoms with van der Waals surface area (Å²) in [7, 11) is 0. The van der Waals surface area contributed by atoms with Gasteiger partial charge in [-0.1, -0.05) is 58.4 Å². The molecular weight excluding hydrogens is 376 g/mol. The van der Waals surface area contributed by atoms with Crippen molar-refractivity contribution in [3.63, 3.8) is 0 Å². The minimum Gasteiger partial charge on any atom is -0.508 e. The Kier molecular flexibility index (Phi) is 4.10. The SMILES string of the molecule is Oc1ccc(C2=C(c3ccccc3)c3cc(O)cc(CBr)c3C2)cc1. The molecule has 0 fully saturated rings. The predicted octanol–water partition coefficient (Wildman–Crippen LogP) is 5.51. The maximum absolute atomic E-state index is 10.2. The Morgan fingerprint density at radius 1 is 0.800 bits per heavy atom. The lowest BCUT2D eigenvalue weighted by Gasteiger charge is -2.11. The van der Waals surface area contributed by atoms with E-state index in [0.29, 0.717) is 5.33 Å². The monoisotopic (exact) mass is 392 g/mol. The smallest absolute Gasteiger partial charge is 0.116 e. The summed E-state index contributed by atoms with van der Waals surface area (Å²) >= 11 is 3.54. The van der Waals surface area contributed by atoms with Crippen LogP contribution in [-0.2, 0) is 11.8 Å². The van der Waals surface area contributed by atoms with Gasteiger partial charge in [0, 0.05) is 5.33 Å². The maximum Gasteiger partial charge on any atom is 0.116 e. The van der Waals surface area contributed by atoms with Gasteiger partial charge in [0.05, 0.1) is 0 Å². The number of benzene rings is 3. The molecule has 1 aliphatic carbocycles. The van der Waals surface area contributed by atoms with Gasteiger partial charge < -0.3 is 10.2 Å². The molecule has 0 unspecified atom stereocenters. The highest BCUT2D eigenvalue weighted by molar-refractivity contribution is 9.08. The number of halogens is 1. The van der Waals surface area contributed by atoms with Crippen molar-refractivity contribution >= 4 is 27.1 Å². The van der Waals surface area contributed by atoms with Crippen LogP contribution in [-0.4, -0.2) is 10.2 Å². The lowest BCUT2D eigenvalue weighted by Crippen LogP contribution is -1.92. The third-order valence-electron chi connectivity index (χ3n) is 4.67. The normalized spacial score (nSPS) is 13.2. The van der Waals surface area contributed by atoms with E-state index in [-0.39, 0.29) is 11.5 Å². The molecule has 1 aliphatic rings. The van der Waals surface area contributed by atoms with Crippen molar-refractivity contribution in [3.8, 4) is 11.5 Å². The number of allylic oxidation sites excluding steroid dienone is 1. The number of hydrogen-bond donors (Lipinski definition) is 2. The van der Waals surface area contributed by atoms with Crippen molar-refractivity contribution in [1.82, 2.24) is 0 Å². The van der Waals surface area contributed by atoms with Gasteiger partial charge in [-0.15, -0.1) is 0 Å². The summed E-state index contributed by atoms with van der Waals surface area (Å²) < 4.78 is 0. The maximum atomic E-state index is 10.2. The zero-order valence-electron chi connectivity index (χ0n) is 13.5. The lowest BCUT2D eigenvalue weighted by atomic mass is 9.94. The Morgan fingerprint density at radius 2 is 1.52 bits per heavy atom. The highest BCUT2D eigenvalue weighted by Gasteiger charge is 2.26. The van der Waals surface area contributed by atoms with E-state index in [4.69, 9.17) is 0 Å². The van der Waals surface area contributed by atoms with E-state index in [1.807, 2.05) is 42.5 Å². The van der Waals surface area contributed by atoms with Crippen LogP contribution in [0.1, 0.15) is 27.8 Å². The fourth-order valence-corrected chi connectivity index (χ4v) is 4.04. The standard InChI is InChI=1S/C22H17BrO2/c23-13-16-10-18(25)11-21-19(16)12-20(14-6-8-17(24)9-7-14)22(21)15-4-2-1-3-5-15/h1-11,24-25H,12-13H2. The molecule has 2 nitrogen and oxygen atoms in total. The van der Waals surface area contributed by atoms with Gasteiger partial charge in [-0.05, 0) is 69.6 Å². The fourth-order valence-electron chi connectivity index (χ4n) is 3.54. The molecule has 25 heavy (non-hydrogen) atoms. The van der Waals surface area contributed by atoms with Crippen LogP contribution < -0.4 is 0 Å². The highest BCUT2D eigenvalue weighted by Crippen LogP contribution is 2.45. The summed E-state index contributed by atoms with van der Waals surface area (Å²) in [6.45, 7) is 0. The Balaban J connectivity index is 1.98. The molecule has 0 atom stereocenters. The molecule has 0 amide bonds. The van der Waals surface area contributed by atoms with E-state index in [1.54, 1.807) is 12.1 Å². The van der Waals surface area contributed by atoms with Crippen LogP contribution >= 0.6 is 15.9 Å². The van der Waals surface area contributed by atoms with Gasteiger partial charge in [0.15, 0.2) is 0 Å². The summed E-state index contributed by atoms with van der Waals surface area (Å²) in [4.78, 5) is 0. The molecular formula is C22H17BrO2. The van der Waals surface area contributed by atoms with Crippen molar-refractivity contribution in [2.75, 3.05) is 0 Å².